The lowest BCUT2D eigenvalue weighted by Gasteiger charge is -2.35. The van der Waals surface area contributed by atoms with E-state index in [1.165, 1.54) is 16.9 Å². The Labute approximate surface area is 195 Å². The Balaban J connectivity index is 1.55. The van der Waals surface area contributed by atoms with Gasteiger partial charge in [-0.2, -0.15) is 10.9 Å². The number of nitrogens with one attached hydrogen (secondary N) is 2. The summed E-state index contributed by atoms with van der Waals surface area (Å²) in [5.41, 5.74) is 1.22. The molecule has 2 amide bonds. The molecule has 0 radical (unpaired) electrons. The maximum Gasteiger partial charge on any atom is 0.245 e. The van der Waals surface area contributed by atoms with Gasteiger partial charge in [-0.15, -0.1) is 0 Å². The number of allylic oxidation sites excluding steroid dienone is 2. The van der Waals surface area contributed by atoms with E-state index < -0.39 is 6.04 Å². The van der Waals surface area contributed by atoms with Gasteiger partial charge in [-0.25, -0.2) is 0 Å². The van der Waals surface area contributed by atoms with Gasteiger partial charge in [-0.05, 0) is 79.0 Å². The zero-order valence-electron chi connectivity index (χ0n) is 19.3. The third-order valence-corrected chi connectivity index (χ3v) is 9.07. The lowest BCUT2D eigenvalue weighted by atomic mass is 9.83. The Hall–Kier alpha value is -2.05. The van der Waals surface area contributed by atoms with Crippen LogP contribution in [0.5, 0.6) is 0 Å². The van der Waals surface area contributed by atoms with Crippen molar-refractivity contribution in [2.45, 2.75) is 74.9 Å². The molecule has 2 N–H and O–H groups in total. The van der Waals surface area contributed by atoms with Gasteiger partial charge in [0.2, 0.25) is 11.8 Å². The monoisotopic (exact) mass is 455 g/mol. The maximum atomic E-state index is 13.9. The topological polar surface area (TPSA) is 61.4 Å². The van der Waals surface area contributed by atoms with Gasteiger partial charge in [0, 0.05) is 6.54 Å². The molecule has 32 heavy (non-hydrogen) atoms. The molecule has 2 aliphatic heterocycles. The Bertz CT molecular complexity index is 866. The number of nitrogens with zero attached hydrogens (tertiary/aromatic N) is 1. The van der Waals surface area contributed by atoms with E-state index in [1.54, 1.807) is 7.05 Å². The van der Waals surface area contributed by atoms with Crippen LogP contribution >= 0.6 is 10.9 Å². The summed E-state index contributed by atoms with van der Waals surface area (Å²) in [4.78, 5) is 30.0. The molecule has 0 unspecified atom stereocenters. The molecule has 4 rings (SSSR count). The van der Waals surface area contributed by atoms with Crippen LogP contribution < -0.4 is 10.6 Å². The Kier molecular flexibility index (Phi) is 7.74. The van der Waals surface area contributed by atoms with E-state index in [9.17, 15) is 9.59 Å². The van der Waals surface area contributed by atoms with Crippen molar-refractivity contribution < 1.29 is 9.59 Å². The number of benzene rings is 1. The molecular formula is C26H37N3O2S. The number of likely N-dealkylation sites (N-methyl/N-ethyl adjacent to an activating group) is 1. The van der Waals surface area contributed by atoms with Gasteiger partial charge in [0.25, 0.3) is 0 Å². The minimum Gasteiger partial charge on any atom is -0.343 e. The fourth-order valence-electron chi connectivity index (χ4n) is 5.21. The van der Waals surface area contributed by atoms with Crippen LogP contribution in [0.1, 0.15) is 63.5 Å². The van der Waals surface area contributed by atoms with Crippen LogP contribution in [0.3, 0.4) is 0 Å². The van der Waals surface area contributed by atoms with Crippen LogP contribution in [-0.4, -0.2) is 42.4 Å². The van der Waals surface area contributed by atoms with E-state index in [4.69, 9.17) is 0 Å². The molecule has 1 aromatic carbocycles. The number of thiol groups is 1. The highest BCUT2D eigenvalue weighted by Crippen LogP contribution is 2.44. The average molecular weight is 456 g/mol. The number of carbonyl (C=O) groups excluding carboxylic acids is 2. The largest absolute Gasteiger partial charge is 0.343 e. The summed E-state index contributed by atoms with van der Waals surface area (Å²) >= 11 is 0. The van der Waals surface area contributed by atoms with Gasteiger partial charge in [0.15, 0.2) is 0 Å². The molecule has 5 nitrogen and oxygen atoms in total. The van der Waals surface area contributed by atoms with Crippen molar-refractivity contribution in [2.24, 2.45) is 5.92 Å². The predicted octanol–water partition coefficient (Wildman–Crippen LogP) is 4.42. The molecule has 2 heterocycles. The molecule has 6 heteroatoms. The molecule has 3 aliphatic rings. The number of rotatable bonds is 7. The Morgan fingerprint density at radius 2 is 1.81 bits per heavy atom. The van der Waals surface area contributed by atoms with E-state index in [2.05, 4.69) is 62.8 Å². The fraction of sp³-hybridized carbons (Fsp3) is 0.538. The summed E-state index contributed by atoms with van der Waals surface area (Å²) in [6.45, 7) is 2.61. The molecule has 0 bridgehead atoms. The summed E-state index contributed by atoms with van der Waals surface area (Å²) in [5.74, 6) is 0.249. The zero-order valence-corrected chi connectivity index (χ0v) is 20.2. The summed E-state index contributed by atoms with van der Waals surface area (Å²) < 4.78 is 0. The number of carbonyl (C=O) groups is 2. The minimum atomic E-state index is -0.424. The first-order chi connectivity index (χ1) is 15.6. The van der Waals surface area contributed by atoms with E-state index in [-0.39, 0.29) is 40.7 Å². The molecule has 0 spiro atoms. The zero-order chi connectivity index (χ0) is 22.5. The third-order valence-electron chi connectivity index (χ3n) is 7.20. The van der Waals surface area contributed by atoms with Crippen LogP contribution in [0, 0.1) is 5.92 Å². The highest BCUT2D eigenvalue weighted by Gasteiger charge is 2.39. The van der Waals surface area contributed by atoms with Crippen molar-refractivity contribution in [1.29, 1.82) is 0 Å². The van der Waals surface area contributed by atoms with E-state index >= 15 is 0 Å². The van der Waals surface area contributed by atoms with E-state index in [1.807, 2.05) is 6.92 Å². The molecule has 1 aliphatic carbocycles. The van der Waals surface area contributed by atoms with Crippen LogP contribution in [-0.2, 0) is 9.59 Å². The van der Waals surface area contributed by atoms with Crippen molar-refractivity contribution in [1.82, 2.24) is 15.5 Å². The highest BCUT2D eigenvalue weighted by molar-refractivity contribution is 8.22. The third kappa shape index (κ3) is 5.12. The maximum absolute atomic E-state index is 13.9. The van der Waals surface area contributed by atoms with Crippen molar-refractivity contribution in [2.75, 3.05) is 13.6 Å². The quantitative estimate of drug-likeness (QED) is 0.533. The van der Waals surface area contributed by atoms with Crippen molar-refractivity contribution in [3.63, 3.8) is 0 Å². The predicted molar refractivity (Wildman–Crippen MR) is 133 cm³/mol. The van der Waals surface area contributed by atoms with Gasteiger partial charge >= 0.3 is 0 Å². The van der Waals surface area contributed by atoms with E-state index in [0.717, 1.165) is 45.1 Å². The van der Waals surface area contributed by atoms with E-state index in [0.29, 0.717) is 0 Å². The van der Waals surface area contributed by atoms with Crippen molar-refractivity contribution in [3.05, 3.63) is 52.8 Å². The van der Waals surface area contributed by atoms with Gasteiger partial charge in [-0.3, -0.25) is 9.59 Å². The van der Waals surface area contributed by atoms with Gasteiger partial charge in [0.05, 0.1) is 12.1 Å². The van der Waals surface area contributed by atoms with Gasteiger partial charge in [0.1, 0.15) is 6.04 Å². The Morgan fingerprint density at radius 1 is 1.06 bits per heavy atom. The van der Waals surface area contributed by atoms with Gasteiger partial charge in [-0.1, -0.05) is 43.5 Å². The lowest BCUT2D eigenvalue weighted by Crippen LogP contribution is -2.55. The summed E-state index contributed by atoms with van der Waals surface area (Å²) in [6.07, 6.45) is 11.8. The summed E-state index contributed by atoms with van der Waals surface area (Å²) in [7, 11) is 1.41. The molecule has 1 aromatic rings. The first kappa shape index (κ1) is 23.1. The fourth-order valence-corrected chi connectivity index (χ4v) is 6.78. The van der Waals surface area contributed by atoms with Crippen LogP contribution in [0.15, 0.2) is 52.1 Å². The first-order valence-electron chi connectivity index (χ1n) is 12.1. The molecule has 3 atom stereocenters. The second kappa shape index (κ2) is 10.7. The average Bonchev–Trinajstić information content (AvgIpc) is 3.55. The molecule has 2 fully saturated rings. The molecule has 1 saturated heterocycles. The van der Waals surface area contributed by atoms with Crippen LogP contribution in [0.25, 0.3) is 0 Å². The standard InChI is InChI=1S/C26H37N3O2S/c1-19(27-2)25(30)28-24(20-10-4-3-5-11-20)26(31)29-15-9-14-23(29)21-12-8-13-22(18-21)32-16-6-7-17-32/h6-8,12-13,16-20,23-24,27,32H,3-5,9-11,14-15H2,1-2H3,(H,28,30)/t19-,23-,24-/m0/s1. The normalized spacial score (nSPS) is 24.0. The second-order valence-electron chi connectivity index (χ2n) is 9.27. The molecular weight excluding hydrogens is 418 g/mol. The molecule has 1 saturated carbocycles. The number of hydrogen-bond acceptors (Lipinski definition) is 3. The molecule has 174 valence electrons. The van der Waals surface area contributed by atoms with Crippen LogP contribution in [0.2, 0.25) is 0 Å². The molecule has 0 aromatic heterocycles. The Morgan fingerprint density at radius 3 is 2.53 bits per heavy atom. The second-order valence-corrected chi connectivity index (χ2v) is 11.2. The number of likely N-dealkylation sites (tertiary alicyclic amines) is 1. The van der Waals surface area contributed by atoms with Crippen molar-refractivity contribution in [3.8, 4) is 0 Å². The smallest absolute Gasteiger partial charge is 0.245 e. The first-order valence-corrected chi connectivity index (χ1v) is 13.6. The van der Waals surface area contributed by atoms with Crippen molar-refractivity contribution >= 4 is 22.7 Å². The lowest BCUT2D eigenvalue weighted by molar-refractivity contribution is -0.139. The summed E-state index contributed by atoms with van der Waals surface area (Å²) in [5, 5.41) is 10.7. The summed E-state index contributed by atoms with van der Waals surface area (Å²) in [6, 6.07) is 8.14. The van der Waals surface area contributed by atoms with Crippen LogP contribution in [0.4, 0.5) is 0 Å². The SMILES string of the molecule is CN[C@@H](C)C(=O)N[C@H](C(=O)N1CCC[C@H]1c1cccc([SH]2C=CC=C2)c1)C1CCCCC1. The number of hydrogen-bond donors (Lipinski definition) is 3. The minimum absolute atomic E-state index is 0.0863. The van der Waals surface area contributed by atoms with Gasteiger partial charge < -0.3 is 15.5 Å². The number of amides is 2. The highest BCUT2D eigenvalue weighted by atomic mass is 32.2.